The van der Waals surface area contributed by atoms with Crippen LogP contribution in [0.2, 0.25) is 0 Å². The van der Waals surface area contributed by atoms with Gasteiger partial charge in [-0.15, -0.1) is 0 Å². The molecule has 2 aliphatic rings. The molecule has 2 fully saturated rings. The van der Waals surface area contributed by atoms with Gasteiger partial charge in [0.05, 0.1) is 78.2 Å². The van der Waals surface area contributed by atoms with Crippen LogP contribution in [0.1, 0.15) is 45.5 Å². The van der Waals surface area contributed by atoms with Gasteiger partial charge in [-0.25, -0.2) is 0 Å². The average Bonchev–Trinajstić information content (AvgIpc) is 3.73. The lowest BCUT2D eigenvalue weighted by molar-refractivity contribution is -0.913. The first kappa shape index (κ1) is 41.3. The van der Waals surface area contributed by atoms with Crippen LogP contribution in [0.15, 0.2) is 72.9 Å². The number of ether oxygens (including phenoxy) is 3. The van der Waals surface area contributed by atoms with Crippen molar-refractivity contribution in [3.63, 3.8) is 0 Å². The van der Waals surface area contributed by atoms with E-state index in [2.05, 4.69) is 45.3 Å². The summed E-state index contributed by atoms with van der Waals surface area (Å²) in [5.41, 5.74) is 2.36. The number of methoxy groups -OCH3 is 2. The molecule has 0 bridgehead atoms. The van der Waals surface area contributed by atoms with Crippen molar-refractivity contribution in [3.8, 4) is 17.2 Å². The Balaban J connectivity index is 0.974. The third-order valence-corrected chi connectivity index (χ3v) is 11.4. The fourth-order valence-corrected chi connectivity index (χ4v) is 7.66. The SMILES string of the molecule is COc1ccc(CNC(=O)C(=O)[C@@H]2CCCN2C(=O)CNC(=O)c2ccnc3ccc(OCCC[N+]4(C)CCN(C(=O)c5ccc(I)cc5)CC4)cc23)cc1OC. The van der Waals surface area contributed by atoms with Gasteiger partial charge in [0.1, 0.15) is 11.8 Å². The van der Waals surface area contributed by atoms with Gasteiger partial charge in [-0.3, -0.25) is 29.0 Å². The third kappa shape index (κ3) is 10.2. The Morgan fingerprint density at radius 1 is 0.895 bits per heavy atom. The summed E-state index contributed by atoms with van der Waals surface area (Å²) < 4.78 is 18.6. The number of aromatic nitrogens is 1. The number of rotatable bonds is 15. The highest BCUT2D eigenvalue weighted by atomic mass is 127. The summed E-state index contributed by atoms with van der Waals surface area (Å²) in [5.74, 6) is -0.714. The second-order valence-electron chi connectivity index (χ2n) is 14.5. The van der Waals surface area contributed by atoms with Crippen LogP contribution in [0.4, 0.5) is 0 Å². The summed E-state index contributed by atoms with van der Waals surface area (Å²) in [6.45, 7) is 4.56. The van der Waals surface area contributed by atoms with Gasteiger partial charge in [0.15, 0.2) is 11.5 Å². The zero-order valence-electron chi connectivity index (χ0n) is 32.4. The van der Waals surface area contributed by atoms with Crippen molar-refractivity contribution in [3.05, 3.63) is 93.2 Å². The van der Waals surface area contributed by atoms with Crippen LogP contribution in [-0.2, 0) is 20.9 Å². The number of fused-ring (bicyclic) bond motifs is 1. The number of likely N-dealkylation sites (N-methyl/N-ethyl adjacent to an activating group) is 1. The van der Waals surface area contributed by atoms with Gasteiger partial charge < -0.3 is 39.1 Å². The largest absolute Gasteiger partial charge is 0.493 e. The quantitative estimate of drug-likeness (QED) is 0.0785. The Hall–Kier alpha value is -5.29. The van der Waals surface area contributed by atoms with Gasteiger partial charge in [-0.2, -0.15) is 0 Å². The molecule has 6 rings (SSSR count). The molecule has 0 radical (unpaired) electrons. The minimum Gasteiger partial charge on any atom is -0.493 e. The molecule has 3 heterocycles. The predicted molar refractivity (Wildman–Crippen MR) is 221 cm³/mol. The van der Waals surface area contributed by atoms with Crippen molar-refractivity contribution in [1.82, 2.24) is 25.4 Å². The molecule has 14 nitrogen and oxygen atoms in total. The summed E-state index contributed by atoms with van der Waals surface area (Å²) in [6.07, 6.45) is 3.25. The molecule has 0 spiro atoms. The molecule has 0 saturated carbocycles. The van der Waals surface area contributed by atoms with Crippen molar-refractivity contribution in [2.45, 2.75) is 31.8 Å². The topological polar surface area (TPSA) is 156 Å². The number of quaternary nitrogens is 1. The molecule has 0 aliphatic carbocycles. The smallest absolute Gasteiger partial charge is 0.289 e. The van der Waals surface area contributed by atoms with Crippen LogP contribution < -0.4 is 24.8 Å². The average molecular weight is 892 g/mol. The second kappa shape index (κ2) is 18.8. The molecule has 57 heavy (non-hydrogen) atoms. The first-order valence-corrected chi connectivity index (χ1v) is 20.1. The number of Topliss-reactive ketones (excluding diaryl/α,β-unsaturated/α-hetero) is 1. The zero-order valence-corrected chi connectivity index (χ0v) is 34.6. The van der Waals surface area contributed by atoms with Gasteiger partial charge >= 0.3 is 0 Å². The van der Waals surface area contributed by atoms with E-state index in [1.54, 1.807) is 36.4 Å². The molecule has 15 heteroatoms. The van der Waals surface area contributed by atoms with Crippen LogP contribution >= 0.6 is 22.6 Å². The lowest BCUT2D eigenvalue weighted by Crippen LogP contribution is -2.58. The highest BCUT2D eigenvalue weighted by Crippen LogP contribution is 2.28. The standard InChI is InChI=1S/C42H47IN6O8/c1-49(21-18-47(19-22-49)42(54)29-8-10-30(43)11-9-29)20-5-23-57-31-12-13-34-33(25-31)32(15-16-44-34)40(52)46-27-38(50)48-17-4-6-35(48)39(51)41(53)45-26-28-7-14-36(55-2)37(24-28)56-3/h7-16,24-25,35H,4-6,17-23,26-27H2,1-3H3,(H-,45,46,52,53)/p+1/t35-/m0/s1. The zero-order chi connectivity index (χ0) is 40.5. The van der Waals surface area contributed by atoms with Crippen molar-refractivity contribution >= 4 is 62.9 Å². The maximum absolute atomic E-state index is 13.4. The van der Waals surface area contributed by atoms with Gasteiger partial charge in [0.25, 0.3) is 17.7 Å². The number of halogens is 1. The van der Waals surface area contributed by atoms with Crippen LogP contribution in [-0.4, -0.2) is 128 Å². The van der Waals surface area contributed by atoms with E-state index < -0.39 is 29.5 Å². The number of hydrogen-bond donors (Lipinski definition) is 2. The number of nitrogens with one attached hydrogen (secondary N) is 2. The molecule has 2 saturated heterocycles. The molecule has 2 N–H and O–H groups in total. The molecular weight excluding hydrogens is 843 g/mol. The fourth-order valence-electron chi connectivity index (χ4n) is 7.30. The number of carbonyl (C=O) groups excluding carboxylic acids is 5. The lowest BCUT2D eigenvalue weighted by atomic mass is 10.1. The minimum atomic E-state index is -0.913. The molecule has 300 valence electrons. The van der Waals surface area contributed by atoms with E-state index in [0.717, 1.165) is 39.7 Å². The third-order valence-electron chi connectivity index (χ3n) is 10.7. The summed E-state index contributed by atoms with van der Waals surface area (Å²) >= 11 is 2.24. The van der Waals surface area contributed by atoms with E-state index in [4.69, 9.17) is 14.2 Å². The van der Waals surface area contributed by atoms with E-state index in [9.17, 15) is 24.0 Å². The highest BCUT2D eigenvalue weighted by Gasteiger charge is 2.37. The number of carbonyl (C=O) groups is 5. The van der Waals surface area contributed by atoms with Gasteiger partial charge in [-0.05, 0) is 102 Å². The van der Waals surface area contributed by atoms with Crippen molar-refractivity contribution in [2.24, 2.45) is 0 Å². The van der Waals surface area contributed by atoms with Crippen molar-refractivity contribution < 1.29 is 42.7 Å². The number of likely N-dealkylation sites (tertiary alicyclic amines) is 1. The van der Waals surface area contributed by atoms with E-state index in [-0.39, 0.29) is 19.0 Å². The lowest BCUT2D eigenvalue weighted by Gasteiger charge is -2.42. The van der Waals surface area contributed by atoms with E-state index in [1.807, 2.05) is 35.2 Å². The number of nitrogens with zero attached hydrogens (tertiary/aromatic N) is 4. The molecular formula is C42H48IN6O8+. The monoisotopic (exact) mass is 891 g/mol. The first-order valence-electron chi connectivity index (χ1n) is 19.0. The van der Waals surface area contributed by atoms with Gasteiger partial charge in [0.2, 0.25) is 11.7 Å². The van der Waals surface area contributed by atoms with Crippen LogP contribution in [0.5, 0.6) is 17.2 Å². The Kier molecular flexibility index (Phi) is 13.6. The predicted octanol–water partition coefficient (Wildman–Crippen LogP) is 3.83. The Bertz CT molecular complexity index is 2120. The van der Waals surface area contributed by atoms with E-state index in [0.29, 0.717) is 78.4 Å². The molecule has 2 aliphatic heterocycles. The maximum Gasteiger partial charge on any atom is 0.289 e. The molecule has 4 aromatic rings. The molecule has 1 atom stereocenters. The van der Waals surface area contributed by atoms with Crippen LogP contribution in [0.25, 0.3) is 10.9 Å². The van der Waals surface area contributed by atoms with E-state index >= 15 is 0 Å². The molecule has 1 aromatic heterocycles. The Labute approximate surface area is 345 Å². The Morgan fingerprint density at radius 2 is 1.65 bits per heavy atom. The summed E-state index contributed by atoms with van der Waals surface area (Å²) in [6, 6.07) is 18.9. The second-order valence-corrected chi connectivity index (χ2v) is 15.7. The number of ketones is 1. The summed E-state index contributed by atoms with van der Waals surface area (Å²) in [4.78, 5) is 73.4. The van der Waals surface area contributed by atoms with Gasteiger partial charge in [-0.1, -0.05) is 6.07 Å². The first-order chi connectivity index (χ1) is 27.5. The number of benzene rings is 3. The van der Waals surface area contributed by atoms with E-state index in [1.165, 1.54) is 25.3 Å². The normalized spacial score (nSPS) is 16.2. The van der Waals surface area contributed by atoms with Crippen LogP contribution in [0.3, 0.4) is 0 Å². The van der Waals surface area contributed by atoms with Crippen LogP contribution in [0, 0.1) is 3.57 Å². The van der Waals surface area contributed by atoms with Crippen molar-refractivity contribution in [2.75, 3.05) is 73.7 Å². The number of piperazine rings is 1. The van der Waals surface area contributed by atoms with Gasteiger partial charge in [0, 0.05) is 40.2 Å². The maximum atomic E-state index is 13.4. The van der Waals surface area contributed by atoms with Crippen molar-refractivity contribution in [1.29, 1.82) is 0 Å². The Morgan fingerprint density at radius 3 is 2.39 bits per heavy atom. The number of amides is 4. The summed E-state index contributed by atoms with van der Waals surface area (Å²) in [7, 11) is 5.25. The number of pyridine rings is 1. The highest BCUT2D eigenvalue weighted by molar-refractivity contribution is 14.1. The molecule has 0 unspecified atom stereocenters. The molecule has 3 aromatic carbocycles. The summed E-state index contributed by atoms with van der Waals surface area (Å²) in [5, 5.41) is 5.91. The fraction of sp³-hybridized carbons (Fsp3) is 0.381. The number of hydrogen-bond acceptors (Lipinski definition) is 9. The minimum absolute atomic E-state index is 0.0734. The molecule has 4 amide bonds.